The Hall–Kier alpha value is -0.830. The average Bonchev–Trinajstić information content (AvgIpc) is 3.03. The minimum absolute atomic E-state index is 0.762. The zero-order chi connectivity index (χ0) is 11.4. The molecule has 3 heteroatoms. The first-order valence-electron chi connectivity index (χ1n) is 6.51. The van der Waals surface area contributed by atoms with E-state index in [9.17, 15) is 0 Å². The van der Waals surface area contributed by atoms with Crippen LogP contribution in [0.2, 0.25) is 0 Å². The van der Waals surface area contributed by atoms with Gasteiger partial charge in [0.15, 0.2) is 0 Å². The van der Waals surface area contributed by atoms with Crippen LogP contribution in [0, 0.1) is 5.92 Å². The lowest BCUT2D eigenvalue weighted by Crippen LogP contribution is -2.32. The zero-order valence-corrected chi connectivity index (χ0v) is 10.4. The molecular formula is C13H23N3. The van der Waals surface area contributed by atoms with Crippen molar-refractivity contribution in [2.45, 2.75) is 45.1 Å². The Balaban J connectivity index is 1.71. The highest BCUT2D eigenvalue weighted by atomic mass is 15.3. The smallest absolute Gasteiger partial charge is 0.0492 e. The molecule has 1 N–H and O–H groups in total. The fourth-order valence-corrected chi connectivity index (χ4v) is 2.35. The van der Waals surface area contributed by atoms with Crippen LogP contribution in [0.4, 0.5) is 0 Å². The van der Waals surface area contributed by atoms with Gasteiger partial charge in [0, 0.05) is 37.9 Å². The van der Waals surface area contributed by atoms with Gasteiger partial charge in [-0.2, -0.15) is 5.10 Å². The minimum atomic E-state index is 0.762. The molecule has 1 saturated carbocycles. The van der Waals surface area contributed by atoms with E-state index in [1.165, 1.54) is 31.4 Å². The van der Waals surface area contributed by atoms with Crippen LogP contribution < -0.4 is 5.32 Å². The molecule has 1 unspecified atom stereocenters. The predicted octanol–water partition coefficient (Wildman–Crippen LogP) is 2.13. The van der Waals surface area contributed by atoms with Gasteiger partial charge < -0.3 is 5.32 Å². The third-order valence-corrected chi connectivity index (χ3v) is 3.50. The zero-order valence-electron chi connectivity index (χ0n) is 10.4. The summed E-state index contributed by atoms with van der Waals surface area (Å²) in [5.41, 5.74) is 1.32. The Labute approximate surface area is 98.2 Å². The van der Waals surface area contributed by atoms with Gasteiger partial charge in [0.2, 0.25) is 0 Å². The maximum atomic E-state index is 4.19. The van der Waals surface area contributed by atoms with E-state index in [0.29, 0.717) is 0 Å². The van der Waals surface area contributed by atoms with E-state index in [0.717, 1.165) is 24.9 Å². The van der Waals surface area contributed by atoms with Gasteiger partial charge in [0.1, 0.15) is 0 Å². The largest absolute Gasteiger partial charge is 0.313 e. The van der Waals surface area contributed by atoms with Crippen molar-refractivity contribution < 1.29 is 0 Å². The molecule has 3 nitrogen and oxygen atoms in total. The normalized spacial score (nSPS) is 17.6. The summed E-state index contributed by atoms with van der Waals surface area (Å²) in [6.07, 6.45) is 8.45. The lowest BCUT2D eigenvalue weighted by molar-refractivity contribution is 0.431. The van der Waals surface area contributed by atoms with Crippen molar-refractivity contribution in [2.75, 3.05) is 6.54 Å². The van der Waals surface area contributed by atoms with E-state index in [2.05, 4.69) is 23.4 Å². The van der Waals surface area contributed by atoms with Crippen molar-refractivity contribution in [3.8, 4) is 0 Å². The van der Waals surface area contributed by atoms with E-state index in [1.54, 1.807) is 0 Å². The Morgan fingerprint density at radius 3 is 2.94 bits per heavy atom. The molecule has 0 aromatic carbocycles. The van der Waals surface area contributed by atoms with Crippen LogP contribution in [-0.2, 0) is 13.5 Å². The molecule has 0 aliphatic heterocycles. The molecule has 2 rings (SSSR count). The average molecular weight is 221 g/mol. The molecule has 1 aromatic rings. The summed E-state index contributed by atoms with van der Waals surface area (Å²) >= 11 is 0. The van der Waals surface area contributed by atoms with Gasteiger partial charge in [0.25, 0.3) is 0 Å². The van der Waals surface area contributed by atoms with Gasteiger partial charge in [-0.25, -0.2) is 0 Å². The van der Waals surface area contributed by atoms with E-state index in [-0.39, 0.29) is 0 Å². The molecule has 1 aliphatic carbocycles. The Kier molecular flexibility index (Phi) is 3.99. The standard InChI is InChI=1S/C13H23N3/c1-3-4-13(11-5-6-11)14-9-7-12-8-10-15-16(12)2/h8,10-11,13-14H,3-7,9H2,1-2H3. The molecular weight excluding hydrogens is 198 g/mol. The van der Waals surface area contributed by atoms with E-state index in [4.69, 9.17) is 0 Å². The molecule has 16 heavy (non-hydrogen) atoms. The van der Waals surface area contributed by atoms with Gasteiger partial charge in [-0.05, 0) is 31.2 Å². The van der Waals surface area contributed by atoms with Crippen LogP contribution in [0.5, 0.6) is 0 Å². The second-order valence-corrected chi connectivity index (χ2v) is 4.88. The van der Waals surface area contributed by atoms with E-state index in [1.807, 2.05) is 17.9 Å². The number of rotatable bonds is 7. The second-order valence-electron chi connectivity index (χ2n) is 4.88. The molecule has 1 aliphatic rings. The fourth-order valence-electron chi connectivity index (χ4n) is 2.35. The van der Waals surface area contributed by atoms with Crippen LogP contribution in [0.1, 0.15) is 38.3 Å². The van der Waals surface area contributed by atoms with Crippen LogP contribution in [0.15, 0.2) is 12.3 Å². The van der Waals surface area contributed by atoms with Crippen molar-refractivity contribution in [3.63, 3.8) is 0 Å². The highest BCUT2D eigenvalue weighted by molar-refractivity contribution is 5.00. The molecule has 1 heterocycles. The Morgan fingerprint density at radius 2 is 2.38 bits per heavy atom. The van der Waals surface area contributed by atoms with Crippen LogP contribution in [0.3, 0.4) is 0 Å². The fraction of sp³-hybridized carbons (Fsp3) is 0.769. The summed E-state index contributed by atoms with van der Waals surface area (Å²) in [6.45, 7) is 3.36. The first kappa shape index (κ1) is 11.6. The maximum Gasteiger partial charge on any atom is 0.0492 e. The lowest BCUT2D eigenvalue weighted by Gasteiger charge is -2.17. The van der Waals surface area contributed by atoms with Crippen molar-refractivity contribution in [1.29, 1.82) is 0 Å². The van der Waals surface area contributed by atoms with Gasteiger partial charge >= 0.3 is 0 Å². The van der Waals surface area contributed by atoms with Crippen molar-refractivity contribution >= 4 is 0 Å². The summed E-state index contributed by atoms with van der Waals surface area (Å²) in [5, 5.41) is 7.89. The summed E-state index contributed by atoms with van der Waals surface area (Å²) in [6, 6.07) is 2.87. The van der Waals surface area contributed by atoms with E-state index < -0.39 is 0 Å². The molecule has 1 fully saturated rings. The maximum absolute atomic E-state index is 4.19. The van der Waals surface area contributed by atoms with Crippen LogP contribution in [0.25, 0.3) is 0 Å². The first-order chi connectivity index (χ1) is 7.81. The number of aryl methyl sites for hydroxylation is 1. The predicted molar refractivity (Wildman–Crippen MR) is 66.3 cm³/mol. The number of hydrogen-bond donors (Lipinski definition) is 1. The lowest BCUT2D eigenvalue weighted by atomic mass is 10.1. The third-order valence-electron chi connectivity index (χ3n) is 3.50. The number of aromatic nitrogens is 2. The summed E-state index contributed by atoms with van der Waals surface area (Å²) in [7, 11) is 2.01. The van der Waals surface area contributed by atoms with Gasteiger partial charge in [0.05, 0.1) is 0 Å². The summed E-state index contributed by atoms with van der Waals surface area (Å²) in [5.74, 6) is 0.964. The SMILES string of the molecule is CCCC(NCCc1ccnn1C)C1CC1. The van der Waals surface area contributed by atoms with Gasteiger partial charge in [-0.15, -0.1) is 0 Å². The van der Waals surface area contributed by atoms with Crippen molar-refractivity contribution in [2.24, 2.45) is 13.0 Å². The Bertz CT molecular complexity index is 315. The quantitative estimate of drug-likeness (QED) is 0.764. The highest BCUT2D eigenvalue weighted by Gasteiger charge is 2.29. The molecule has 0 radical (unpaired) electrons. The molecule has 0 amide bonds. The molecule has 0 bridgehead atoms. The Morgan fingerprint density at radius 1 is 1.56 bits per heavy atom. The molecule has 0 saturated heterocycles. The third kappa shape index (κ3) is 3.08. The number of nitrogens with zero attached hydrogens (tertiary/aromatic N) is 2. The number of hydrogen-bond acceptors (Lipinski definition) is 2. The summed E-state index contributed by atoms with van der Waals surface area (Å²) in [4.78, 5) is 0. The van der Waals surface area contributed by atoms with Crippen molar-refractivity contribution in [3.05, 3.63) is 18.0 Å². The molecule has 1 aromatic heterocycles. The first-order valence-corrected chi connectivity index (χ1v) is 6.51. The van der Waals surface area contributed by atoms with Gasteiger partial charge in [-0.1, -0.05) is 13.3 Å². The van der Waals surface area contributed by atoms with Gasteiger partial charge in [-0.3, -0.25) is 4.68 Å². The number of nitrogens with one attached hydrogen (secondary N) is 1. The monoisotopic (exact) mass is 221 g/mol. The topological polar surface area (TPSA) is 29.9 Å². The highest BCUT2D eigenvalue weighted by Crippen LogP contribution is 2.34. The summed E-state index contributed by atoms with van der Waals surface area (Å²) < 4.78 is 1.97. The molecule has 0 spiro atoms. The second kappa shape index (κ2) is 5.48. The van der Waals surface area contributed by atoms with Crippen LogP contribution >= 0.6 is 0 Å². The molecule has 1 atom stereocenters. The van der Waals surface area contributed by atoms with Crippen molar-refractivity contribution in [1.82, 2.24) is 15.1 Å². The molecule has 90 valence electrons. The van der Waals surface area contributed by atoms with E-state index >= 15 is 0 Å². The van der Waals surface area contributed by atoms with Crippen LogP contribution in [-0.4, -0.2) is 22.4 Å². The minimum Gasteiger partial charge on any atom is -0.313 e.